The van der Waals surface area contributed by atoms with Crippen molar-refractivity contribution < 1.29 is 22.4 Å². The summed E-state index contributed by atoms with van der Waals surface area (Å²) in [6.07, 6.45) is -0.620. The summed E-state index contributed by atoms with van der Waals surface area (Å²) in [4.78, 5) is 7.74. The monoisotopic (exact) mass is 418 g/mol. The maximum absolute atomic E-state index is 12.3. The number of nitrogens with one attached hydrogen (secondary N) is 1. The van der Waals surface area contributed by atoms with E-state index in [2.05, 4.69) is 26.3 Å². The minimum absolute atomic E-state index is 0.0105. The van der Waals surface area contributed by atoms with Gasteiger partial charge in [-0.3, -0.25) is 0 Å². The molecule has 2 aromatic carbocycles. The molecule has 0 saturated heterocycles. The summed E-state index contributed by atoms with van der Waals surface area (Å²) in [5, 5.41) is 5.12. The molecule has 29 heavy (non-hydrogen) atoms. The third kappa shape index (κ3) is 3.33. The molecule has 0 saturated carbocycles. The van der Waals surface area contributed by atoms with Gasteiger partial charge in [0.05, 0.1) is 10.6 Å². The fourth-order valence-corrected chi connectivity index (χ4v) is 3.78. The second-order valence-corrected chi connectivity index (χ2v) is 7.04. The summed E-state index contributed by atoms with van der Waals surface area (Å²) in [5.74, 6) is 0.0522. The predicted octanol–water partition coefficient (Wildman–Crippen LogP) is 5.94. The van der Waals surface area contributed by atoms with E-state index in [-0.39, 0.29) is 10.9 Å². The number of halogens is 4. The number of aromatic nitrogens is 3. The minimum Gasteiger partial charge on any atom is -0.406 e. The van der Waals surface area contributed by atoms with Crippen LogP contribution in [0.15, 0.2) is 40.9 Å². The van der Waals surface area contributed by atoms with Crippen LogP contribution in [0.25, 0.3) is 33.7 Å². The number of hydrogen-bond acceptors (Lipinski definition) is 4. The van der Waals surface area contributed by atoms with E-state index in [0.29, 0.717) is 11.4 Å². The maximum Gasteiger partial charge on any atom is 0.573 e. The lowest BCUT2D eigenvalue weighted by molar-refractivity contribution is -0.274. The summed E-state index contributed by atoms with van der Waals surface area (Å²) in [5.41, 5.74) is 4.56. The van der Waals surface area contributed by atoms with Gasteiger partial charge >= 0.3 is 6.36 Å². The van der Waals surface area contributed by atoms with E-state index in [0.717, 1.165) is 47.1 Å². The van der Waals surface area contributed by atoms with Gasteiger partial charge in [0.25, 0.3) is 5.89 Å². The summed E-state index contributed by atoms with van der Waals surface area (Å²) in [6.45, 7) is 0. The van der Waals surface area contributed by atoms with Crippen molar-refractivity contribution in [2.24, 2.45) is 0 Å². The normalized spacial score (nSPS) is 13.8. The molecule has 2 aromatic heterocycles. The van der Waals surface area contributed by atoms with Crippen molar-refractivity contribution in [3.63, 3.8) is 0 Å². The van der Waals surface area contributed by atoms with Crippen molar-refractivity contribution in [2.45, 2.75) is 19.2 Å². The highest BCUT2D eigenvalue weighted by Gasteiger charge is 2.31. The van der Waals surface area contributed by atoms with E-state index in [4.69, 9.17) is 16.1 Å². The highest BCUT2D eigenvalue weighted by atomic mass is 35.5. The molecular formula is C20H12ClF3N3O2. The molecule has 2 heterocycles. The molecule has 147 valence electrons. The van der Waals surface area contributed by atoms with Gasteiger partial charge in [-0.2, -0.15) is 4.98 Å². The van der Waals surface area contributed by atoms with Crippen molar-refractivity contribution in [3.8, 4) is 28.6 Å². The first-order valence-electron chi connectivity index (χ1n) is 8.75. The fraction of sp³-hybridized carbons (Fsp3) is 0.150. The molecule has 5 nitrogen and oxygen atoms in total. The number of hydrogen-bond donors (Lipinski definition) is 1. The molecule has 0 unspecified atom stereocenters. The molecule has 0 bridgehead atoms. The Hall–Kier alpha value is -3.00. The Morgan fingerprint density at radius 2 is 2.00 bits per heavy atom. The molecule has 0 aliphatic heterocycles. The first-order valence-corrected chi connectivity index (χ1v) is 9.13. The van der Waals surface area contributed by atoms with Crippen LogP contribution in [0.4, 0.5) is 13.2 Å². The Morgan fingerprint density at radius 1 is 1.14 bits per heavy atom. The lowest BCUT2D eigenvalue weighted by atomic mass is 10.1. The molecule has 0 amide bonds. The Labute approximate surface area is 167 Å². The van der Waals surface area contributed by atoms with E-state index in [9.17, 15) is 13.2 Å². The number of rotatable bonds is 3. The van der Waals surface area contributed by atoms with E-state index in [1.165, 1.54) is 11.6 Å². The second kappa shape index (κ2) is 6.52. The molecule has 1 aliphatic carbocycles. The highest BCUT2D eigenvalue weighted by Crippen LogP contribution is 2.35. The van der Waals surface area contributed by atoms with Crippen LogP contribution in [-0.2, 0) is 6.42 Å². The summed E-state index contributed by atoms with van der Waals surface area (Å²) < 4.78 is 46.2. The lowest BCUT2D eigenvalue weighted by Crippen LogP contribution is -2.17. The molecule has 0 atom stereocenters. The van der Waals surface area contributed by atoms with Crippen molar-refractivity contribution in [1.82, 2.24) is 15.1 Å². The lowest BCUT2D eigenvalue weighted by Gasteiger charge is -2.09. The van der Waals surface area contributed by atoms with Gasteiger partial charge in [-0.15, -0.1) is 13.2 Å². The van der Waals surface area contributed by atoms with Crippen LogP contribution in [0.1, 0.15) is 17.7 Å². The molecule has 1 aliphatic rings. The summed E-state index contributed by atoms with van der Waals surface area (Å²) in [6, 6.07) is 9.39. The molecule has 5 rings (SSSR count). The van der Waals surface area contributed by atoms with Crippen LogP contribution in [0.3, 0.4) is 0 Å². The van der Waals surface area contributed by atoms with Gasteiger partial charge in [0.1, 0.15) is 5.75 Å². The van der Waals surface area contributed by atoms with E-state index in [1.54, 1.807) is 0 Å². The fourth-order valence-electron chi connectivity index (χ4n) is 3.53. The Kier molecular flexibility index (Phi) is 4.06. The largest absolute Gasteiger partial charge is 0.573 e. The maximum atomic E-state index is 12.3. The van der Waals surface area contributed by atoms with Gasteiger partial charge in [-0.1, -0.05) is 16.8 Å². The predicted molar refractivity (Wildman–Crippen MR) is 100 cm³/mol. The third-order valence-electron chi connectivity index (χ3n) is 4.77. The van der Waals surface area contributed by atoms with Gasteiger partial charge in [-0.25, -0.2) is 0 Å². The van der Waals surface area contributed by atoms with Gasteiger partial charge in [0, 0.05) is 28.6 Å². The minimum atomic E-state index is -4.79. The standard InChI is InChI=1S/C20H12ClF3N3O2/c21-15-9-11(28-20(22,23)24)5-6-13(15)19-26-18(27-29-19)10-4-7-17-14(8-10)12-2-1-3-16(12)25-17/h3-9,25H,1-2H2. The molecule has 4 aromatic rings. The number of alkyl halides is 3. The molecule has 1 radical (unpaired) electrons. The number of ether oxygens (including phenoxy) is 1. The van der Waals surface area contributed by atoms with Gasteiger partial charge in [-0.05, 0) is 54.8 Å². The van der Waals surface area contributed by atoms with Crippen LogP contribution in [-0.4, -0.2) is 21.5 Å². The number of H-pyrrole nitrogens is 1. The first-order chi connectivity index (χ1) is 13.9. The van der Waals surface area contributed by atoms with Crippen molar-refractivity contribution in [1.29, 1.82) is 0 Å². The van der Waals surface area contributed by atoms with Gasteiger partial charge in [0.15, 0.2) is 0 Å². The average molecular weight is 419 g/mol. The third-order valence-corrected chi connectivity index (χ3v) is 5.08. The summed E-state index contributed by atoms with van der Waals surface area (Å²) in [7, 11) is 0. The van der Waals surface area contributed by atoms with Gasteiger partial charge in [0.2, 0.25) is 5.82 Å². The first kappa shape index (κ1) is 18.1. The van der Waals surface area contributed by atoms with E-state index in [1.807, 2.05) is 18.2 Å². The Bertz CT molecular complexity index is 1230. The molecule has 1 N–H and O–H groups in total. The zero-order valence-electron chi connectivity index (χ0n) is 14.7. The van der Waals surface area contributed by atoms with Crippen LogP contribution >= 0.6 is 11.6 Å². The summed E-state index contributed by atoms with van der Waals surface area (Å²) >= 11 is 6.09. The molecule has 9 heteroatoms. The highest BCUT2D eigenvalue weighted by molar-refractivity contribution is 6.33. The Morgan fingerprint density at radius 3 is 2.79 bits per heavy atom. The van der Waals surface area contributed by atoms with E-state index < -0.39 is 12.1 Å². The number of benzene rings is 2. The second-order valence-electron chi connectivity index (χ2n) is 6.63. The smallest absolute Gasteiger partial charge is 0.406 e. The number of nitrogens with zero attached hydrogens (tertiary/aromatic N) is 2. The van der Waals surface area contributed by atoms with Crippen LogP contribution in [0.2, 0.25) is 5.02 Å². The van der Waals surface area contributed by atoms with Crippen LogP contribution in [0, 0.1) is 6.42 Å². The quantitative estimate of drug-likeness (QED) is 0.447. The van der Waals surface area contributed by atoms with Crippen LogP contribution in [0.5, 0.6) is 5.75 Å². The van der Waals surface area contributed by atoms with Crippen molar-refractivity contribution in [3.05, 3.63) is 59.1 Å². The van der Waals surface area contributed by atoms with E-state index >= 15 is 0 Å². The topological polar surface area (TPSA) is 63.9 Å². The Balaban J connectivity index is 1.47. The molecular weight excluding hydrogens is 407 g/mol. The van der Waals surface area contributed by atoms with Crippen molar-refractivity contribution in [2.75, 3.05) is 0 Å². The number of fused-ring (bicyclic) bond motifs is 3. The molecule has 0 fully saturated rings. The zero-order valence-corrected chi connectivity index (χ0v) is 15.4. The van der Waals surface area contributed by atoms with Crippen molar-refractivity contribution >= 4 is 22.5 Å². The van der Waals surface area contributed by atoms with Crippen LogP contribution < -0.4 is 4.74 Å². The molecule has 0 spiro atoms. The SMILES string of the molecule is FC(F)(F)Oc1ccc(-c2nc(-c3ccc4[nH]c5c(c4c3)CC[CH]5)no2)c(Cl)c1. The number of aromatic amines is 1. The average Bonchev–Trinajstić information content (AvgIpc) is 3.36. The number of aryl methyl sites for hydroxylation is 1. The van der Waals surface area contributed by atoms with Gasteiger partial charge < -0.3 is 14.2 Å². The zero-order chi connectivity index (χ0) is 20.2.